The van der Waals surface area contributed by atoms with E-state index in [2.05, 4.69) is 10.3 Å². The molecule has 6 nitrogen and oxygen atoms in total. The lowest BCUT2D eigenvalue weighted by molar-refractivity contribution is -0.118. The summed E-state index contributed by atoms with van der Waals surface area (Å²) in [6, 6.07) is 10.3. The Labute approximate surface area is 165 Å². The van der Waals surface area contributed by atoms with E-state index in [1.165, 1.54) is 10.9 Å². The van der Waals surface area contributed by atoms with E-state index in [0.717, 1.165) is 18.4 Å². The molecule has 1 amide bonds. The van der Waals surface area contributed by atoms with Crippen LogP contribution in [0.15, 0.2) is 47.5 Å². The first-order valence-corrected chi connectivity index (χ1v) is 9.07. The molecule has 0 spiro atoms. The molecule has 0 bridgehead atoms. The van der Waals surface area contributed by atoms with Gasteiger partial charge in [-0.3, -0.25) is 14.2 Å². The van der Waals surface area contributed by atoms with Crippen LogP contribution in [-0.4, -0.2) is 27.2 Å². The van der Waals surface area contributed by atoms with Crippen molar-refractivity contribution >= 4 is 45.7 Å². The Balaban J connectivity index is 1.76. The Hall–Kier alpha value is -2.41. The number of hydrogen-bond donors (Lipinski definition) is 2. The van der Waals surface area contributed by atoms with E-state index in [1.807, 2.05) is 12.1 Å². The molecule has 0 fully saturated rings. The first kappa shape index (κ1) is 19.4. The number of benzene rings is 2. The van der Waals surface area contributed by atoms with Crippen molar-refractivity contribution in [2.75, 3.05) is 11.9 Å². The zero-order chi connectivity index (χ0) is 19.4. The number of aliphatic hydroxyl groups excluding tert-OH is 1. The number of aliphatic hydroxyl groups is 1. The van der Waals surface area contributed by atoms with Crippen LogP contribution in [0.3, 0.4) is 0 Å². The van der Waals surface area contributed by atoms with E-state index in [1.54, 1.807) is 24.3 Å². The molecule has 0 aliphatic rings. The van der Waals surface area contributed by atoms with Crippen molar-refractivity contribution in [2.45, 2.75) is 19.4 Å². The van der Waals surface area contributed by atoms with Gasteiger partial charge in [0.2, 0.25) is 5.91 Å². The van der Waals surface area contributed by atoms with E-state index in [9.17, 15) is 9.59 Å². The normalized spacial score (nSPS) is 10.9. The van der Waals surface area contributed by atoms with Gasteiger partial charge in [0.1, 0.15) is 6.61 Å². The highest BCUT2D eigenvalue weighted by atomic mass is 35.5. The highest BCUT2D eigenvalue weighted by Gasteiger charge is 2.07. The van der Waals surface area contributed by atoms with Crippen LogP contribution in [0.2, 0.25) is 10.0 Å². The molecule has 0 atom stereocenters. The molecule has 0 unspecified atom stereocenters. The maximum Gasteiger partial charge on any atom is 0.261 e. The fourth-order valence-corrected chi connectivity index (χ4v) is 3.07. The molecule has 27 heavy (non-hydrogen) atoms. The van der Waals surface area contributed by atoms with Crippen LogP contribution in [0, 0.1) is 0 Å². The Morgan fingerprint density at radius 1 is 1.15 bits per heavy atom. The number of amides is 1. The van der Waals surface area contributed by atoms with Crippen LogP contribution in [-0.2, 0) is 17.8 Å². The molecular weight excluding hydrogens is 389 g/mol. The minimum absolute atomic E-state index is 0.186. The lowest BCUT2D eigenvalue weighted by Gasteiger charge is -2.09. The number of nitrogens with one attached hydrogen (secondary N) is 1. The molecule has 0 saturated carbocycles. The molecule has 0 aliphatic carbocycles. The summed E-state index contributed by atoms with van der Waals surface area (Å²) in [7, 11) is 0. The summed E-state index contributed by atoms with van der Waals surface area (Å²) in [4.78, 5) is 28.3. The summed E-state index contributed by atoms with van der Waals surface area (Å²) in [5, 5.41) is 12.8. The molecule has 1 aromatic heterocycles. The quantitative estimate of drug-likeness (QED) is 0.658. The third-order valence-electron chi connectivity index (χ3n) is 4.10. The van der Waals surface area contributed by atoms with Crippen LogP contribution in [0.1, 0.15) is 12.0 Å². The Morgan fingerprint density at radius 2 is 1.96 bits per heavy atom. The minimum atomic E-state index is -0.621. The van der Waals surface area contributed by atoms with E-state index in [4.69, 9.17) is 28.3 Å². The van der Waals surface area contributed by atoms with Crippen molar-refractivity contribution in [2.24, 2.45) is 0 Å². The number of carbonyl (C=O) groups is 1. The van der Waals surface area contributed by atoms with E-state index >= 15 is 0 Å². The number of rotatable bonds is 6. The van der Waals surface area contributed by atoms with Crippen molar-refractivity contribution < 1.29 is 9.90 Å². The summed E-state index contributed by atoms with van der Waals surface area (Å²) >= 11 is 11.9. The molecule has 1 heterocycles. The van der Waals surface area contributed by atoms with Gasteiger partial charge < -0.3 is 10.4 Å². The van der Waals surface area contributed by atoms with Crippen LogP contribution >= 0.6 is 23.2 Å². The van der Waals surface area contributed by atoms with Gasteiger partial charge in [0.15, 0.2) is 0 Å². The van der Waals surface area contributed by atoms with Crippen LogP contribution in [0.4, 0.5) is 5.69 Å². The van der Waals surface area contributed by atoms with Crippen LogP contribution in [0.25, 0.3) is 10.9 Å². The molecule has 2 N–H and O–H groups in total. The fourth-order valence-electron chi connectivity index (χ4n) is 2.75. The molecule has 0 saturated heterocycles. The van der Waals surface area contributed by atoms with Crippen molar-refractivity contribution in [1.82, 2.24) is 9.55 Å². The number of carbonyl (C=O) groups excluding carboxylic acids is 1. The van der Waals surface area contributed by atoms with E-state index < -0.39 is 12.5 Å². The molecule has 3 aromatic rings. The second-order valence-electron chi connectivity index (χ2n) is 6.03. The van der Waals surface area contributed by atoms with Crippen molar-refractivity contribution in [3.05, 3.63) is 68.7 Å². The van der Waals surface area contributed by atoms with Crippen molar-refractivity contribution in [1.29, 1.82) is 0 Å². The predicted molar refractivity (Wildman–Crippen MR) is 107 cm³/mol. The molecule has 8 heteroatoms. The molecule has 3 rings (SSSR count). The minimum Gasteiger partial charge on any atom is -0.387 e. The number of aromatic nitrogens is 2. The summed E-state index contributed by atoms with van der Waals surface area (Å²) in [6.07, 6.45) is 2.99. The Bertz CT molecular complexity index is 1050. The zero-order valence-corrected chi connectivity index (χ0v) is 15.8. The number of nitrogens with zero attached hydrogens (tertiary/aromatic N) is 2. The smallest absolute Gasteiger partial charge is 0.261 e. The number of fused-ring (bicyclic) bond motifs is 1. The average molecular weight is 406 g/mol. The molecular formula is C19H17Cl2N3O3. The second-order valence-corrected chi connectivity index (χ2v) is 6.85. The lowest BCUT2D eigenvalue weighted by Crippen LogP contribution is -2.21. The number of halogens is 2. The van der Waals surface area contributed by atoms with Gasteiger partial charge >= 0.3 is 0 Å². The average Bonchev–Trinajstić information content (AvgIpc) is 2.66. The standard InChI is InChI=1S/C19H17Cl2N3O3/c20-15-5-3-12(8-16(15)21)2-1-7-24-11-22-17-6-4-13(23-18(26)10-25)9-14(17)19(24)27/h3-6,8-9,11,25H,1-2,7,10H2,(H,23,26). The van der Waals surface area contributed by atoms with Gasteiger partial charge in [0.05, 0.1) is 27.3 Å². The molecule has 2 aromatic carbocycles. The van der Waals surface area contributed by atoms with E-state index in [-0.39, 0.29) is 5.56 Å². The Kier molecular flexibility index (Phi) is 6.11. The van der Waals surface area contributed by atoms with Gasteiger partial charge in [-0.25, -0.2) is 4.98 Å². The van der Waals surface area contributed by atoms with Gasteiger partial charge in [0.25, 0.3) is 5.56 Å². The number of aryl methyl sites for hydroxylation is 2. The van der Waals surface area contributed by atoms with Crippen LogP contribution in [0.5, 0.6) is 0 Å². The molecule has 140 valence electrons. The van der Waals surface area contributed by atoms with Gasteiger partial charge in [-0.05, 0) is 48.7 Å². The second kappa shape index (κ2) is 8.52. The summed E-state index contributed by atoms with van der Waals surface area (Å²) in [5.41, 5.74) is 1.84. The lowest BCUT2D eigenvalue weighted by atomic mass is 10.1. The summed E-state index contributed by atoms with van der Waals surface area (Å²) in [6.45, 7) is -0.126. The third-order valence-corrected chi connectivity index (χ3v) is 4.84. The van der Waals surface area contributed by atoms with Gasteiger partial charge in [-0.1, -0.05) is 29.3 Å². The molecule has 0 aliphatic heterocycles. The third kappa shape index (κ3) is 4.66. The number of hydrogen-bond acceptors (Lipinski definition) is 4. The highest BCUT2D eigenvalue weighted by molar-refractivity contribution is 6.42. The van der Waals surface area contributed by atoms with Crippen LogP contribution < -0.4 is 10.9 Å². The predicted octanol–water partition coefficient (Wildman–Crippen LogP) is 3.27. The first-order chi connectivity index (χ1) is 13.0. The summed E-state index contributed by atoms with van der Waals surface area (Å²) in [5.74, 6) is -0.541. The van der Waals surface area contributed by atoms with Gasteiger partial charge in [-0.15, -0.1) is 0 Å². The van der Waals surface area contributed by atoms with Crippen molar-refractivity contribution in [3.63, 3.8) is 0 Å². The maximum absolute atomic E-state index is 12.7. The topological polar surface area (TPSA) is 84.2 Å². The largest absolute Gasteiger partial charge is 0.387 e. The monoisotopic (exact) mass is 405 g/mol. The Morgan fingerprint density at radius 3 is 2.70 bits per heavy atom. The van der Waals surface area contributed by atoms with E-state index in [0.29, 0.717) is 33.2 Å². The first-order valence-electron chi connectivity index (χ1n) is 8.32. The fraction of sp³-hybridized carbons (Fsp3) is 0.211. The van der Waals surface area contributed by atoms with Gasteiger partial charge in [0, 0.05) is 12.2 Å². The van der Waals surface area contributed by atoms with Crippen molar-refractivity contribution in [3.8, 4) is 0 Å². The highest BCUT2D eigenvalue weighted by Crippen LogP contribution is 2.23. The molecule has 0 radical (unpaired) electrons. The summed E-state index contributed by atoms with van der Waals surface area (Å²) < 4.78 is 1.54. The van der Waals surface area contributed by atoms with Gasteiger partial charge in [-0.2, -0.15) is 0 Å². The SMILES string of the molecule is O=C(CO)Nc1ccc2ncn(CCCc3ccc(Cl)c(Cl)c3)c(=O)c2c1. The zero-order valence-electron chi connectivity index (χ0n) is 14.3. The number of anilines is 1. The maximum atomic E-state index is 12.7.